The molecule has 0 aliphatic rings. The van der Waals surface area contributed by atoms with E-state index in [4.69, 9.17) is 5.11 Å². The molecule has 0 saturated heterocycles. The van der Waals surface area contributed by atoms with Crippen LogP contribution in [0.4, 0.5) is 0 Å². The average molecular weight is 298 g/mol. The molecule has 1 N–H and O–H groups in total. The van der Waals surface area contributed by atoms with Crippen molar-refractivity contribution in [3.05, 3.63) is 47.5 Å². The molecule has 0 aliphatic carbocycles. The van der Waals surface area contributed by atoms with Crippen LogP contribution in [0.1, 0.15) is 30.9 Å². The SMILES string of the molecule is CCc1ccc2sc3ccc(CCCC(=O)O)cc3c2c1. The van der Waals surface area contributed by atoms with Gasteiger partial charge in [0, 0.05) is 26.6 Å². The van der Waals surface area contributed by atoms with E-state index in [2.05, 4.69) is 43.3 Å². The molecule has 0 unspecified atom stereocenters. The molecule has 0 bridgehead atoms. The fraction of sp³-hybridized carbons (Fsp3) is 0.278. The third-order valence-corrected chi connectivity index (χ3v) is 5.01. The summed E-state index contributed by atoms with van der Waals surface area (Å²) in [6.45, 7) is 2.17. The molecule has 0 amide bonds. The van der Waals surface area contributed by atoms with Gasteiger partial charge in [-0.1, -0.05) is 19.1 Å². The van der Waals surface area contributed by atoms with Gasteiger partial charge in [0.15, 0.2) is 0 Å². The number of carboxylic acid groups (broad SMARTS) is 1. The minimum atomic E-state index is -0.718. The fourth-order valence-electron chi connectivity index (χ4n) is 2.69. The number of hydrogen-bond acceptors (Lipinski definition) is 2. The third-order valence-electron chi connectivity index (χ3n) is 3.86. The summed E-state index contributed by atoms with van der Waals surface area (Å²) in [5, 5.41) is 11.4. The van der Waals surface area contributed by atoms with Crippen molar-refractivity contribution in [3.63, 3.8) is 0 Å². The predicted molar refractivity (Wildman–Crippen MR) is 89.3 cm³/mol. The minimum Gasteiger partial charge on any atom is -0.481 e. The monoisotopic (exact) mass is 298 g/mol. The van der Waals surface area contributed by atoms with Crippen molar-refractivity contribution in [1.29, 1.82) is 0 Å². The molecule has 3 aromatic rings. The maximum Gasteiger partial charge on any atom is 0.303 e. The zero-order chi connectivity index (χ0) is 14.8. The lowest BCUT2D eigenvalue weighted by molar-refractivity contribution is -0.137. The van der Waals surface area contributed by atoms with Gasteiger partial charge < -0.3 is 5.11 Å². The van der Waals surface area contributed by atoms with E-state index in [0.29, 0.717) is 6.42 Å². The standard InChI is InChI=1S/C18H18O2S/c1-2-12-6-8-16-14(10-12)15-11-13(4-3-5-18(19)20)7-9-17(15)21-16/h6-11H,2-5H2,1H3,(H,19,20). The number of fused-ring (bicyclic) bond motifs is 3. The summed E-state index contributed by atoms with van der Waals surface area (Å²) in [5.41, 5.74) is 2.59. The number of thiophene rings is 1. The van der Waals surface area contributed by atoms with E-state index in [1.807, 2.05) is 11.3 Å². The molecule has 108 valence electrons. The zero-order valence-corrected chi connectivity index (χ0v) is 12.9. The van der Waals surface area contributed by atoms with E-state index in [0.717, 1.165) is 12.8 Å². The molecule has 0 spiro atoms. The van der Waals surface area contributed by atoms with Gasteiger partial charge >= 0.3 is 5.97 Å². The van der Waals surface area contributed by atoms with E-state index in [1.165, 1.54) is 31.3 Å². The number of carbonyl (C=O) groups is 1. The van der Waals surface area contributed by atoms with Gasteiger partial charge in [-0.25, -0.2) is 0 Å². The molecule has 0 fully saturated rings. The van der Waals surface area contributed by atoms with Crippen LogP contribution in [0.25, 0.3) is 20.2 Å². The first kappa shape index (κ1) is 14.1. The Morgan fingerprint density at radius 1 is 1.05 bits per heavy atom. The number of rotatable bonds is 5. The lowest BCUT2D eigenvalue weighted by Crippen LogP contribution is -1.95. The van der Waals surface area contributed by atoms with Crippen molar-refractivity contribution < 1.29 is 9.90 Å². The summed E-state index contributed by atoms with van der Waals surface area (Å²) in [6, 6.07) is 13.2. The Bertz CT molecular complexity index is 801. The summed E-state index contributed by atoms with van der Waals surface area (Å²) in [5.74, 6) is -0.718. The highest BCUT2D eigenvalue weighted by Gasteiger charge is 2.07. The lowest BCUT2D eigenvalue weighted by Gasteiger charge is -2.01. The summed E-state index contributed by atoms with van der Waals surface area (Å²) in [4.78, 5) is 10.6. The second kappa shape index (κ2) is 5.86. The van der Waals surface area contributed by atoms with Gasteiger partial charge in [0.25, 0.3) is 0 Å². The van der Waals surface area contributed by atoms with Crippen LogP contribution in [0, 0.1) is 0 Å². The molecule has 21 heavy (non-hydrogen) atoms. The Balaban J connectivity index is 1.98. The van der Waals surface area contributed by atoms with E-state index in [-0.39, 0.29) is 6.42 Å². The first-order chi connectivity index (χ1) is 10.2. The zero-order valence-electron chi connectivity index (χ0n) is 12.1. The second-order valence-electron chi connectivity index (χ2n) is 5.36. The summed E-state index contributed by atoms with van der Waals surface area (Å²) >= 11 is 1.82. The lowest BCUT2D eigenvalue weighted by atomic mass is 10.0. The first-order valence-electron chi connectivity index (χ1n) is 7.33. The fourth-order valence-corrected chi connectivity index (χ4v) is 3.76. The number of benzene rings is 2. The van der Waals surface area contributed by atoms with Crippen molar-refractivity contribution in [2.45, 2.75) is 32.6 Å². The Morgan fingerprint density at radius 3 is 2.29 bits per heavy atom. The summed E-state index contributed by atoms with van der Waals surface area (Å²) in [6.07, 6.45) is 2.81. The van der Waals surface area contributed by atoms with Crippen molar-refractivity contribution >= 4 is 37.5 Å². The maximum absolute atomic E-state index is 10.6. The predicted octanol–water partition coefficient (Wildman–Crippen LogP) is 5.02. The van der Waals surface area contributed by atoms with Crippen LogP contribution in [0.15, 0.2) is 36.4 Å². The molecule has 2 aromatic carbocycles. The van der Waals surface area contributed by atoms with Gasteiger partial charge in [-0.3, -0.25) is 4.79 Å². The molecule has 0 aliphatic heterocycles. The molecule has 0 saturated carbocycles. The smallest absolute Gasteiger partial charge is 0.303 e. The van der Waals surface area contributed by atoms with Gasteiger partial charge in [-0.05, 0) is 54.7 Å². The minimum absolute atomic E-state index is 0.238. The Hall–Kier alpha value is -1.87. The molecule has 2 nitrogen and oxygen atoms in total. The van der Waals surface area contributed by atoms with Gasteiger partial charge in [0.2, 0.25) is 0 Å². The van der Waals surface area contributed by atoms with Crippen molar-refractivity contribution in [2.24, 2.45) is 0 Å². The highest BCUT2D eigenvalue weighted by atomic mass is 32.1. The number of hydrogen-bond donors (Lipinski definition) is 1. The van der Waals surface area contributed by atoms with Gasteiger partial charge in [0.1, 0.15) is 0 Å². The first-order valence-corrected chi connectivity index (χ1v) is 8.15. The molecule has 3 rings (SSSR count). The van der Waals surface area contributed by atoms with Gasteiger partial charge in [0.05, 0.1) is 0 Å². The van der Waals surface area contributed by atoms with E-state index in [9.17, 15) is 4.79 Å². The molecular formula is C18H18O2S. The van der Waals surface area contributed by atoms with Crippen molar-refractivity contribution in [1.82, 2.24) is 0 Å². The molecule has 1 aromatic heterocycles. The van der Waals surface area contributed by atoms with Crippen LogP contribution >= 0.6 is 11.3 Å². The largest absolute Gasteiger partial charge is 0.481 e. The highest BCUT2D eigenvalue weighted by Crippen LogP contribution is 2.35. The summed E-state index contributed by atoms with van der Waals surface area (Å²) < 4.78 is 2.63. The van der Waals surface area contributed by atoms with Crippen LogP contribution in [-0.2, 0) is 17.6 Å². The van der Waals surface area contributed by atoms with Crippen LogP contribution in [-0.4, -0.2) is 11.1 Å². The number of carboxylic acids is 1. The van der Waals surface area contributed by atoms with E-state index >= 15 is 0 Å². The van der Waals surface area contributed by atoms with Gasteiger partial charge in [-0.2, -0.15) is 0 Å². The normalized spacial score (nSPS) is 11.3. The topological polar surface area (TPSA) is 37.3 Å². The van der Waals surface area contributed by atoms with E-state index < -0.39 is 5.97 Å². The Kier molecular flexibility index (Phi) is 3.93. The molecule has 0 radical (unpaired) electrons. The van der Waals surface area contributed by atoms with Gasteiger partial charge in [-0.15, -0.1) is 11.3 Å². The average Bonchev–Trinajstić information content (AvgIpc) is 2.84. The Labute approximate surface area is 128 Å². The van der Waals surface area contributed by atoms with Crippen LogP contribution in [0.2, 0.25) is 0 Å². The van der Waals surface area contributed by atoms with Crippen LogP contribution in [0.5, 0.6) is 0 Å². The molecule has 3 heteroatoms. The molecule has 1 heterocycles. The van der Waals surface area contributed by atoms with E-state index in [1.54, 1.807) is 0 Å². The number of aryl methyl sites for hydroxylation is 2. The second-order valence-corrected chi connectivity index (χ2v) is 6.45. The van der Waals surface area contributed by atoms with Crippen molar-refractivity contribution in [3.8, 4) is 0 Å². The maximum atomic E-state index is 10.6. The van der Waals surface area contributed by atoms with Crippen LogP contribution < -0.4 is 0 Å². The number of aliphatic carboxylic acids is 1. The van der Waals surface area contributed by atoms with Crippen molar-refractivity contribution in [2.75, 3.05) is 0 Å². The third kappa shape index (κ3) is 2.93. The Morgan fingerprint density at radius 2 is 1.67 bits per heavy atom. The summed E-state index contributed by atoms with van der Waals surface area (Å²) in [7, 11) is 0. The molecular weight excluding hydrogens is 280 g/mol. The van der Waals surface area contributed by atoms with Crippen LogP contribution in [0.3, 0.4) is 0 Å². The highest BCUT2D eigenvalue weighted by molar-refractivity contribution is 7.25. The quantitative estimate of drug-likeness (QED) is 0.717. The molecule has 0 atom stereocenters.